The fourth-order valence-corrected chi connectivity index (χ4v) is 8.01. The first kappa shape index (κ1) is 29.9. The fraction of sp³-hybridized carbons (Fsp3) is 0.643. The Hall–Kier alpha value is -1.68. The first-order chi connectivity index (χ1) is 16.8. The van der Waals surface area contributed by atoms with E-state index in [1.807, 2.05) is 47.6 Å². The zero-order chi connectivity index (χ0) is 28.0. The average Bonchev–Trinajstić information content (AvgIpc) is 3.08. The van der Waals surface area contributed by atoms with Crippen molar-refractivity contribution < 1.29 is 16.8 Å². The van der Waals surface area contributed by atoms with Gasteiger partial charge in [-0.3, -0.25) is 0 Å². The number of primary sulfonamides is 1. The molecule has 1 heterocycles. The van der Waals surface area contributed by atoms with Crippen LogP contribution < -0.4 is 5.14 Å². The molecule has 1 fully saturated rings. The molecule has 1 saturated carbocycles. The smallest absolute Gasteiger partial charge is 0.243 e. The van der Waals surface area contributed by atoms with Gasteiger partial charge in [0.15, 0.2) is 0 Å². The van der Waals surface area contributed by atoms with Crippen LogP contribution in [0.4, 0.5) is 0 Å². The van der Waals surface area contributed by atoms with Gasteiger partial charge in [-0.05, 0) is 65.8 Å². The van der Waals surface area contributed by atoms with Crippen LogP contribution in [0, 0.1) is 18.3 Å². The molecular weight excluding hydrogens is 506 g/mol. The zero-order valence-electron chi connectivity index (χ0n) is 23.8. The summed E-state index contributed by atoms with van der Waals surface area (Å²) in [7, 11) is -6.02. The lowest BCUT2D eigenvalue weighted by atomic mass is 9.85. The second-order valence-corrected chi connectivity index (χ2v) is 16.5. The Morgan fingerprint density at radius 1 is 0.946 bits per heavy atom. The maximum absolute atomic E-state index is 13.7. The van der Waals surface area contributed by atoms with Gasteiger partial charge in [0.2, 0.25) is 20.0 Å². The molecule has 1 aromatic carbocycles. The Labute approximate surface area is 224 Å². The molecule has 0 spiro atoms. The lowest BCUT2D eigenvalue weighted by molar-refractivity contribution is 0.310. The minimum atomic E-state index is -3.91. The number of benzene rings is 1. The summed E-state index contributed by atoms with van der Waals surface area (Å²) in [6.45, 7) is 14.9. The molecule has 0 atom stereocenters. The Morgan fingerprint density at radius 3 is 2.05 bits per heavy atom. The molecule has 2 aromatic rings. The van der Waals surface area contributed by atoms with E-state index >= 15 is 0 Å². The number of rotatable bonds is 7. The Kier molecular flexibility index (Phi) is 8.45. The summed E-state index contributed by atoms with van der Waals surface area (Å²) in [5, 5.41) is 5.59. The molecule has 0 amide bonds. The minimum absolute atomic E-state index is 0.122. The third-order valence-corrected chi connectivity index (χ3v) is 10.1. The predicted molar refractivity (Wildman–Crippen MR) is 151 cm³/mol. The number of nitrogens with zero attached hydrogens (tertiary/aromatic N) is 2. The molecule has 208 valence electrons. The predicted octanol–water partition coefficient (Wildman–Crippen LogP) is 5.66. The number of aromatic nitrogens is 1. The Morgan fingerprint density at radius 2 is 1.54 bits per heavy atom. The minimum Gasteiger partial charge on any atom is -0.343 e. The summed E-state index contributed by atoms with van der Waals surface area (Å²) in [6, 6.07) is 7.03. The van der Waals surface area contributed by atoms with Gasteiger partial charge < -0.3 is 4.57 Å². The number of sulfonamides is 2. The van der Waals surface area contributed by atoms with Gasteiger partial charge in [0.25, 0.3) is 0 Å². The van der Waals surface area contributed by atoms with Gasteiger partial charge in [-0.25, -0.2) is 26.3 Å². The van der Waals surface area contributed by atoms with E-state index in [1.165, 1.54) is 23.6 Å². The van der Waals surface area contributed by atoms with E-state index in [0.29, 0.717) is 23.7 Å². The van der Waals surface area contributed by atoms with Crippen molar-refractivity contribution in [3.05, 3.63) is 35.5 Å². The molecule has 3 rings (SSSR count). The average molecular weight is 552 g/mol. The standard InChI is InChI=1S/C28H45N3O4S2/c1-20-26(36(29,32)33)17-24(31(20)18-21-12-10-9-11-13-21)22-14-15-25(23(16-22)28(5,6)7)37(34,35)30(8)19-27(2,3)4/h14-17,21H,9-13,18-19H2,1-8H3,(H2,29,32,33). The van der Waals surface area contributed by atoms with Crippen LogP contribution in [-0.4, -0.2) is 39.3 Å². The third kappa shape index (κ3) is 6.85. The molecule has 0 saturated heterocycles. The highest BCUT2D eigenvalue weighted by Crippen LogP contribution is 2.37. The molecule has 0 radical (unpaired) electrons. The molecular formula is C28H45N3O4S2. The summed E-state index contributed by atoms with van der Waals surface area (Å²) in [6.07, 6.45) is 5.85. The van der Waals surface area contributed by atoms with Crippen LogP contribution >= 0.6 is 0 Å². The third-order valence-electron chi connectivity index (χ3n) is 7.26. The zero-order valence-corrected chi connectivity index (χ0v) is 25.4. The molecule has 9 heteroatoms. The molecule has 0 bridgehead atoms. The maximum Gasteiger partial charge on any atom is 0.243 e. The van der Waals surface area contributed by atoms with Crippen LogP contribution in [0.15, 0.2) is 34.1 Å². The van der Waals surface area contributed by atoms with Crippen LogP contribution in [0.1, 0.15) is 84.9 Å². The summed E-state index contributed by atoms with van der Waals surface area (Å²) < 4.78 is 55.7. The number of hydrogen-bond donors (Lipinski definition) is 1. The summed E-state index contributed by atoms with van der Waals surface area (Å²) in [4.78, 5) is 0.404. The quantitative estimate of drug-likeness (QED) is 0.480. The van der Waals surface area contributed by atoms with E-state index in [9.17, 15) is 16.8 Å². The Balaban J connectivity index is 2.19. The van der Waals surface area contributed by atoms with E-state index in [4.69, 9.17) is 5.14 Å². The SMILES string of the molecule is Cc1c(S(N)(=O)=O)cc(-c2ccc(S(=O)(=O)N(C)CC(C)(C)C)c(C(C)(C)C)c2)n1CC1CCCCC1. The van der Waals surface area contributed by atoms with Gasteiger partial charge in [0.1, 0.15) is 4.90 Å². The van der Waals surface area contributed by atoms with Crippen LogP contribution in [0.2, 0.25) is 0 Å². The van der Waals surface area contributed by atoms with Crippen LogP contribution in [0.25, 0.3) is 11.3 Å². The largest absolute Gasteiger partial charge is 0.343 e. The van der Waals surface area contributed by atoms with Gasteiger partial charge in [-0.1, -0.05) is 66.9 Å². The topological polar surface area (TPSA) is 102 Å². The lowest BCUT2D eigenvalue weighted by Crippen LogP contribution is -2.35. The summed E-state index contributed by atoms with van der Waals surface area (Å²) >= 11 is 0. The fourth-order valence-electron chi connectivity index (χ4n) is 5.43. The highest BCUT2D eigenvalue weighted by Gasteiger charge is 2.32. The van der Waals surface area contributed by atoms with E-state index in [0.717, 1.165) is 30.6 Å². The van der Waals surface area contributed by atoms with Gasteiger partial charge >= 0.3 is 0 Å². The number of hydrogen-bond acceptors (Lipinski definition) is 4. The van der Waals surface area contributed by atoms with Gasteiger partial charge in [-0.2, -0.15) is 0 Å². The van der Waals surface area contributed by atoms with Gasteiger partial charge in [-0.15, -0.1) is 0 Å². The molecule has 37 heavy (non-hydrogen) atoms. The summed E-state index contributed by atoms with van der Waals surface area (Å²) in [5.74, 6) is 0.472. The van der Waals surface area contributed by atoms with Gasteiger partial charge in [0, 0.05) is 31.5 Å². The summed E-state index contributed by atoms with van der Waals surface area (Å²) in [5.41, 5.74) is 2.22. The van der Waals surface area contributed by atoms with Crippen molar-refractivity contribution >= 4 is 20.0 Å². The monoisotopic (exact) mass is 551 g/mol. The first-order valence-corrected chi connectivity index (χ1v) is 16.2. The molecule has 0 unspecified atom stereocenters. The molecule has 1 aliphatic carbocycles. The van der Waals surface area contributed by atoms with Crippen molar-refractivity contribution in [2.24, 2.45) is 16.5 Å². The number of nitrogens with two attached hydrogens (primary N) is 1. The highest BCUT2D eigenvalue weighted by molar-refractivity contribution is 7.89. The van der Waals surface area contributed by atoms with Crippen molar-refractivity contribution in [1.29, 1.82) is 0 Å². The van der Waals surface area contributed by atoms with Crippen molar-refractivity contribution in [3.63, 3.8) is 0 Å². The van der Waals surface area contributed by atoms with Crippen molar-refractivity contribution in [1.82, 2.24) is 8.87 Å². The molecule has 1 aliphatic rings. The van der Waals surface area contributed by atoms with Crippen LogP contribution in [-0.2, 0) is 32.0 Å². The normalized spacial score (nSPS) is 16.5. The lowest BCUT2D eigenvalue weighted by Gasteiger charge is -2.30. The second kappa shape index (κ2) is 10.5. The second-order valence-electron chi connectivity index (χ2n) is 12.9. The van der Waals surface area contributed by atoms with E-state index in [1.54, 1.807) is 32.2 Å². The van der Waals surface area contributed by atoms with E-state index in [-0.39, 0.29) is 15.2 Å². The molecule has 1 aromatic heterocycles. The van der Waals surface area contributed by atoms with Crippen LogP contribution in [0.5, 0.6) is 0 Å². The van der Waals surface area contributed by atoms with Gasteiger partial charge in [0.05, 0.1) is 4.90 Å². The van der Waals surface area contributed by atoms with Crippen LogP contribution in [0.3, 0.4) is 0 Å². The molecule has 2 N–H and O–H groups in total. The van der Waals surface area contributed by atoms with Crippen molar-refractivity contribution in [2.75, 3.05) is 13.6 Å². The Bertz CT molecular complexity index is 1340. The molecule has 7 nitrogen and oxygen atoms in total. The highest BCUT2D eigenvalue weighted by atomic mass is 32.2. The van der Waals surface area contributed by atoms with E-state index < -0.39 is 25.5 Å². The van der Waals surface area contributed by atoms with E-state index in [2.05, 4.69) is 4.57 Å². The van der Waals surface area contributed by atoms with Crippen molar-refractivity contribution in [2.45, 2.75) is 102 Å². The van der Waals surface area contributed by atoms with Crippen molar-refractivity contribution in [3.8, 4) is 11.3 Å². The maximum atomic E-state index is 13.7. The molecule has 0 aliphatic heterocycles. The first-order valence-electron chi connectivity index (χ1n) is 13.2.